The Labute approximate surface area is 88.9 Å². The van der Waals surface area contributed by atoms with Crippen molar-refractivity contribution in [1.29, 1.82) is 0 Å². The summed E-state index contributed by atoms with van der Waals surface area (Å²) in [5.41, 5.74) is 0.883. The number of hydrogen-bond donors (Lipinski definition) is 1. The molecule has 0 amide bonds. The van der Waals surface area contributed by atoms with Crippen molar-refractivity contribution >= 4 is 27.5 Å². The van der Waals surface area contributed by atoms with Gasteiger partial charge < -0.3 is 5.11 Å². The summed E-state index contributed by atoms with van der Waals surface area (Å²) in [7, 11) is 0. The molecular formula is C10H8BrNO2. The molecular weight excluding hydrogens is 246 g/mol. The Balaban J connectivity index is 2.58. The molecule has 0 saturated heterocycles. The first-order valence-electron chi connectivity index (χ1n) is 4.21. The molecule has 1 aromatic rings. The van der Waals surface area contributed by atoms with Crippen LogP contribution in [0.4, 0.5) is 0 Å². The van der Waals surface area contributed by atoms with Crippen LogP contribution in [-0.2, 0) is 4.79 Å². The Bertz CT molecular complexity index is 507. The number of aliphatic carboxylic acids is 1. The number of carbonyl (C=O) groups is 1. The Hall–Kier alpha value is -1.16. The van der Waals surface area contributed by atoms with Crippen LogP contribution >= 0.6 is 15.9 Å². The number of halogens is 1. The van der Waals surface area contributed by atoms with Crippen LogP contribution in [0.1, 0.15) is 6.42 Å². The van der Waals surface area contributed by atoms with E-state index in [0.717, 1.165) is 20.6 Å². The van der Waals surface area contributed by atoms with E-state index in [9.17, 15) is 4.79 Å². The van der Waals surface area contributed by atoms with Gasteiger partial charge in [0.1, 0.15) is 0 Å². The molecule has 1 aromatic carbocycles. The highest BCUT2D eigenvalue weighted by atomic mass is 79.9. The minimum atomic E-state index is -0.803. The summed E-state index contributed by atoms with van der Waals surface area (Å²) >= 11 is 3.36. The first-order valence-corrected chi connectivity index (χ1v) is 5.00. The molecule has 14 heavy (non-hydrogen) atoms. The van der Waals surface area contributed by atoms with Gasteiger partial charge in [0.05, 0.1) is 18.3 Å². The fourth-order valence-electron chi connectivity index (χ4n) is 1.53. The molecule has 0 aromatic heterocycles. The van der Waals surface area contributed by atoms with Crippen molar-refractivity contribution < 1.29 is 9.90 Å². The summed E-state index contributed by atoms with van der Waals surface area (Å²) in [6.07, 6.45) is 0.0763. The van der Waals surface area contributed by atoms with Crippen molar-refractivity contribution in [2.24, 2.45) is 4.99 Å². The fraction of sp³-hybridized carbons (Fsp3) is 0.200. The van der Waals surface area contributed by atoms with Crippen molar-refractivity contribution in [3.63, 3.8) is 0 Å². The third-order valence-corrected chi connectivity index (χ3v) is 2.64. The number of carboxylic acids is 1. The van der Waals surface area contributed by atoms with Crippen LogP contribution in [0.3, 0.4) is 0 Å². The SMILES string of the molecule is O=C(O)CC1=c2cc(Br)ccc2=NC1. The second-order valence-corrected chi connectivity index (χ2v) is 4.07. The topological polar surface area (TPSA) is 49.7 Å². The van der Waals surface area contributed by atoms with Crippen molar-refractivity contribution in [1.82, 2.24) is 0 Å². The minimum Gasteiger partial charge on any atom is -0.481 e. The lowest BCUT2D eigenvalue weighted by atomic mass is 10.1. The predicted octanol–water partition coefficient (Wildman–Crippen LogP) is 0.708. The van der Waals surface area contributed by atoms with E-state index in [1.165, 1.54) is 0 Å². The van der Waals surface area contributed by atoms with Gasteiger partial charge in [0.15, 0.2) is 0 Å². The second kappa shape index (κ2) is 3.53. The molecule has 0 aliphatic carbocycles. The van der Waals surface area contributed by atoms with E-state index in [4.69, 9.17) is 5.11 Å². The van der Waals surface area contributed by atoms with Crippen LogP contribution < -0.4 is 10.6 Å². The maximum Gasteiger partial charge on any atom is 0.307 e. The highest BCUT2D eigenvalue weighted by molar-refractivity contribution is 9.10. The van der Waals surface area contributed by atoms with Gasteiger partial charge in [-0.25, -0.2) is 0 Å². The minimum absolute atomic E-state index is 0.0763. The molecule has 1 aliphatic heterocycles. The first-order chi connectivity index (χ1) is 6.66. The van der Waals surface area contributed by atoms with Crippen LogP contribution in [0.5, 0.6) is 0 Å². The van der Waals surface area contributed by atoms with Gasteiger partial charge in [0.2, 0.25) is 0 Å². The molecule has 4 heteroatoms. The summed E-state index contributed by atoms with van der Waals surface area (Å²) in [6.45, 7) is 0.512. The largest absolute Gasteiger partial charge is 0.481 e. The highest BCUT2D eigenvalue weighted by Gasteiger charge is 2.09. The first kappa shape index (κ1) is 9.40. The smallest absolute Gasteiger partial charge is 0.307 e. The Morgan fingerprint density at radius 1 is 1.57 bits per heavy atom. The monoisotopic (exact) mass is 253 g/mol. The molecule has 1 aliphatic rings. The molecule has 0 radical (unpaired) electrons. The molecule has 0 unspecified atom stereocenters. The van der Waals surface area contributed by atoms with Crippen LogP contribution in [0, 0.1) is 0 Å². The van der Waals surface area contributed by atoms with E-state index in [1.54, 1.807) is 0 Å². The average Bonchev–Trinajstić information content (AvgIpc) is 2.47. The van der Waals surface area contributed by atoms with Crippen molar-refractivity contribution in [2.45, 2.75) is 6.42 Å². The summed E-state index contributed by atoms with van der Waals surface area (Å²) in [4.78, 5) is 14.8. The quantitative estimate of drug-likeness (QED) is 0.844. The van der Waals surface area contributed by atoms with E-state index >= 15 is 0 Å². The number of fused-ring (bicyclic) bond motifs is 1. The van der Waals surface area contributed by atoms with E-state index < -0.39 is 5.97 Å². The summed E-state index contributed by atoms with van der Waals surface area (Å²) in [5.74, 6) is -0.803. The number of benzene rings is 1. The van der Waals surface area contributed by atoms with Gasteiger partial charge in [-0.05, 0) is 23.8 Å². The van der Waals surface area contributed by atoms with Crippen LogP contribution in [0.2, 0.25) is 0 Å². The van der Waals surface area contributed by atoms with Gasteiger partial charge >= 0.3 is 5.97 Å². The van der Waals surface area contributed by atoms with Crippen molar-refractivity contribution in [2.75, 3.05) is 6.54 Å². The van der Waals surface area contributed by atoms with Gasteiger partial charge in [0.25, 0.3) is 0 Å². The Morgan fingerprint density at radius 2 is 2.36 bits per heavy atom. The van der Waals surface area contributed by atoms with Crippen LogP contribution in [0.15, 0.2) is 27.7 Å². The molecule has 3 nitrogen and oxygen atoms in total. The Kier molecular flexibility index (Phi) is 2.37. The zero-order chi connectivity index (χ0) is 10.1. The molecule has 0 bridgehead atoms. The molecule has 0 fully saturated rings. The van der Waals surface area contributed by atoms with Crippen molar-refractivity contribution in [3.05, 3.63) is 33.2 Å². The van der Waals surface area contributed by atoms with Crippen LogP contribution in [-0.4, -0.2) is 17.6 Å². The summed E-state index contributed by atoms with van der Waals surface area (Å²) < 4.78 is 0.955. The van der Waals surface area contributed by atoms with E-state index in [2.05, 4.69) is 20.9 Å². The zero-order valence-corrected chi connectivity index (χ0v) is 8.91. The maximum absolute atomic E-state index is 10.6. The number of rotatable bonds is 2. The lowest BCUT2D eigenvalue weighted by Gasteiger charge is -1.95. The van der Waals surface area contributed by atoms with E-state index in [1.807, 2.05) is 18.2 Å². The van der Waals surface area contributed by atoms with Gasteiger partial charge in [-0.2, -0.15) is 0 Å². The fourth-order valence-corrected chi connectivity index (χ4v) is 1.89. The lowest BCUT2D eigenvalue weighted by Crippen LogP contribution is -2.23. The normalized spacial score (nSPS) is 13.6. The molecule has 72 valence electrons. The van der Waals surface area contributed by atoms with Crippen molar-refractivity contribution in [3.8, 4) is 0 Å². The predicted molar refractivity (Wildman–Crippen MR) is 55.5 cm³/mol. The summed E-state index contributed by atoms with van der Waals surface area (Å²) in [5, 5.41) is 10.5. The standard InChI is InChI=1S/C10H8BrNO2/c11-7-1-2-9-8(4-7)6(5-12-9)3-10(13)14/h1-2,4H,3,5H2,(H,13,14). The highest BCUT2D eigenvalue weighted by Crippen LogP contribution is 2.07. The molecule has 0 spiro atoms. The molecule has 0 saturated carbocycles. The third-order valence-electron chi connectivity index (χ3n) is 2.14. The third kappa shape index (κ3) is 1.70. The lowest BCUT2D eigenvalue weighted by molar-refractivity contribution is -0.135. The zero-order valence-electron chi connectivity index (χ0n) is 7.33. The van der Waals surface area contributed by atoms with Gasteiger partial charge in [-0.1, -0.05) is 15.9 Å². The van der Waals surface area contributed by atoms with Gasteiger partial charge in [-0.3, -0.25) is 9.79 Å². The molecule has 2 rings (SSSR count). The van der Waals surface area contributed by atoms with Gasteiger partial charge in [-0.15, -0.1) is 0 Å². The van der Waals surface area contributed by atoms with E-state index in [-0.39, 0.29) is 6.42 Å². The van der Waals surface area contributed by atoms with Gasteiger partial charge in [0, 0.05) is 9.69 Å². The second-order valence-electron chi connectivity index (χ2n) is 3.15. The average molecular weight is 254 g/mol. The molecule has 1 heterocycles. The number of hydrogen-bond acceptors (Lipinski definition) is 2. The number of carboxylic acid groups (broad SMARTS) is 1. The maximum atomic E-state index is 10.6. The Morgan fingerprint density at radius 3 is 3.07 bits per heavy atom. The summed E-state index contributed by atoms with van der Waals surface area (Å²) in [6, 6.07) is 5.73. The molecule has 0 atom stereocenters. The van der Waals surface area contributed by atoms with Crippen LogP contribution in [0.25, 0.3) is 5.57 Å². The molecule has 1 N–H and O–H groups in total. The number of nitrogens with zero attached hydrogens (tertiary/aromatic N) is 1. The van der Waals surface area contributed by atoms with E-state index in [0.29, 0.717) is 6.54 Å².